The number of hydrogen-bond donors (Lipinski definition) is 1. The van der Waals surface area contributed by atoms with E-state index in [0.717, 1.165) is 19.3 Å². The Morgan fingerprint density at radius 3 is 2.36 bits per heavy atom. The molecule has 0 aromatic heterocycles. The molecule has 1 fully saturated rings. The minimum atomic E-state index is -0.867. The summed E-state index contributed by atoms with van der Waals surface area (Å²) in [5.74, 6) is 0.590. The smallest absolute Gasteiger partial charge is 0.112 e. The van der Waals surface area contributed by atoms with Gasteiger partial charge in [0.15, 0.2) is 0 Å². The Labute approximate surface area is 68.2 Å². The highest BCUT2D eigenvalue weighted by Gasteiger charge is 2.43. The molecule has 0 heterocycles. The molecule has 0 radical (unpaired) electrons. The molecule has 1 aliphatic carbocycles. The van der Waals surface area contributed by atoms with Crippen LogP contribution in [0.2, 0.25) is 0 Å². The number of halogens is 1. The quantitative estimate of drug-likeness (QED) is 0.669. The Morgan fingerprint density at radius 1 is 1.45 bits per heavy atom. The Morgan fingerprint density at radius 2 is 2.00 bits per heavy atom. The second kappa shape index (κ2) is 3.10. The van der Waals surface area contributed by atoms with Gasteiger partial charge in [-0.05, 0) is 31.6 Å². The third-order valence-electron chi connectivity index (χ3n) is 2.19. The number of nitrogens with two attached hydrogens (primary N) is 1. The van der Waals surface area contributed by atoms with E-state index in [4.69, 9.17) is 5.73 Å². The predicted octanol–water partition coefficient (Wildman–Crippen LogP) is 2.25. The van der Waals surface area contributed by atoms with Gasteiger partial charge >= 0.3 is 0 Å². The average molecular weight is 159 g/mol. The van der Waals surface area contributed by atoms with Crippen LogP contribution in [0.4, 0.5) is 4.39 Å². The average Bonchev–Trinajstić information content (AvgIpc) is 2.44. The summed E-state index contributed by atoms with van der Waals surface area (Å²) in [4.78, 5) is 0. The molecular formula is C9H18FN. The Hall–Kier alpha value is -0.110. The van der Waals surface area contributed by atoms with Crippen LogP contribution < -0.4 is 5.73 Å². The van der Waals surface area contributed by atoms with E-state index in [-0.39, 0.29) is 6.04 Å². The molecular weight excluding hydrogens is 141 g/mol. The second-order valence-corrected chi connectivity index (χ2v) is 4.24. The van der Waals surface area contributed by atoms with E-state index >= 15 is 0 Å². The van der Waals surface area contributed by atoms with Gasteiger partial charge in [-0.25, -0.2) is 4.39 Å². The largest absolute Gasteiger partial charge is 0.328 e. The van der Waals surface area contributed by atoms with Crippen molar-refractivity contribution in [3.05, 3.63) is 0 Å². The predicted molar refractivity (Wildman–Crippen MR) is 45.1 cm³/mol. The second-order valence-electron chi connectivity index (χ2n) is 4.24. The summed E-state index contributed by atoms with van der Waals surface area (Å²) >= 11 is 0. The fourth-order valence-corrected chi connectivity index (χ4v) is 1.50. The van der Waals surface area contributed by atoms with Gasteiger partial charge in [0, 0.05) is 6.04 Å². The van der Waals surface area contributed by atoms with E-state index in [1.54, 1.807) is 0 Å². The lowest BCUT2D eigenvalue weighted by Gasteiger charge is -2.15. The fraction of sp³-hybridized carbons (Fsp3) is 1.00. The minimum Gasteiger partial charge on any atom is -0.328 e. The number of hydrogen-bond acceptors (Lipinski definition) is 1. The first-order chi connectivity index (χ1) is 5.02. The summed E-state index contributed by atoms with van der Waals surface area (Å²) in [5.41, 5.74) is 4.89. The fourth-order valence-electron chi connectivity index (χ4n) is 1.50. The molecule has 0 aromatic rings. The SMILES string of the molecule is CC(C)C[C@H](N)CC1(F)CC1. The summed E-state index contributed by atoms with van der Waals surface area (Å²) in [6.45, 7) is 4.25. The van der Waals surface area contributed by atoms with Crippen LogP contribution in [-0.4, -0.2) is 11.7 Å². The van der Waals surface area contributed by atoms with E-state index in [9.17, 15) is 4.39 Å². The van der Waals surface area contributed by atoms with Crippen molar-refractivity contribution in [3.63, 3.8) is 0 Å². The van der Waals surface area contributed by atoms with Crippen molar-refractivity contribution in [3.8, 4) is 0 Å². The van der Waals surface area contributed by atoms with Crippen LogP contribution in [0.1, 0.15) is 39.5 Å². The zero-order valence-electron chi connectivity index (χ0n) is 7.44. The molecule has 66 valence electrons. The Balaban J connectivity index is 2.15. The van der Waals surface area contributed by atoms with Gasteiger partial charge in [0.25, 0.3) is 0 Å². The first kappa shape index (κ1) is 8.98. The minimum absolute atomic E-state index is 0.0718. The lowest BCUT2D eigenvalue weighted by atomic mass is 9.99. The van der Waals surface area contributed by atoms with E-state index in [1.807, 2.05) is 0 Å². The lowest BCUT2D eigenvalue weighted by molar-refractivity contribution is 0.260. The zero-order valence-corrected chi connectivity index (χ0v) is 7.44. The molecule has 0 saturated heterocycles. The van der Waals surface area contributed by atoms with Gasteiger partial charge in [0.05, 0.1) is 0 Å². The van der Waals surface area contributed by atoms with Gasteiger partial charge in [0.2, 0.25) is 0 Å². The van der Waals surface area contributed by atoms with Crippen LogP contribution in [0, 0.1) is 5.92 Å². The molecule has 1 saturated carbocycles. The molecule has 0 amide bonds. The van der Waals surface area contributed by atoms with E-state index in [0.29, 0.717) is 12.3 Å². The Bertz CT molecular complexity index is 130. The highest BCUT2D eigenvalue weighted by Crippen LogP contribution is 2.43. The van der Waals surface area contributed by atoms with Gasteiger partial charge in [-0.3, -0.25) is 0 Å². The molecule has 1 aliphatic rings. The van der Waals surface area contributed by atoms with Crippen LogP contribution in [-0.2, 0) is 0 Å². The van der Waals surface area contributed by atoms with Crippen molar-refractivity contribution in [2.45, 2.75) is 51.2 Å². The van der Waals surface area contributed by atoms with Crippen molar-refractivity contribution in [2.24, 2.45) is 11.7 Å². The molecule has 2 heteroatoms. The van der Waals surface area contributed by atoms with Crippen LogP contribution in [0.3, 0.4) is 0 Å². The Kier molecular flexibility index (Phi) is 2.53. The maximum Gasteiger partial charge on any atom is 0.112 e. The van der Waals surface area contributed by atoms with Gasteiger partial charge in [-0.1, -0.05) is 13.8 Å². The van der Waals surface area contributed by atoms with Crippen LogP contribution in [0.5, 0.6) is 0 Å². The van der Waals surface area contributed by atoms with Crippen molar-refractivity contribution in [2.75, 3.05) is 0 Å². The molecule has 1 rings (SSSR count). The molecule has 0 spiro atoms. The van der Waals surface area contributed by atoms with Gasteiger partial charge in [-0.2, -0.15) is 0 Å². The molecule has 1 nitrogen and oxygen atoms in total. The van der Waals surface area contributed by atoms with Gasteiger partial charge in [0.1, 0.15) is 5.67 Å². The van der Waals surface area contributed by atoms with Gasteiger partial charge in [-0.15, -0.1) is 0 Å². The third kappa shape index (κ3) is 3.19. The number of rotatable bonds is 4. The van der Waals surface area contributed by atoms with Crippen molar-refractivity contribution < 1.29 is 4.39 Å². The highest BCUT2D eigenvalue weighted by atomic mass is 19.1. The van der Waals surface area contributed by atoms with Crippen molar-refractivity contribution in [1.29, 1.82) is 0 Å². The number of alkyl halides is 1. The van der Waals surface area contributed by atoms with Crippen LogP contribution in [0.15, 0.2) is 0 Å². The summed E-state index contributed by atoms with van der Waals surface area (Å²) in [6, 6.07) is 0.0718. The normalized spacial score (nSPS) is 23.7. The molecule has 0 unspecified atom stereocenters. The van der Waals surface area contributed by atoms with E-state index in [2.05, 4.69) is 13.8 Å². The standard InChI is InChI=1S/C9H18FN/c1-7(2)5-8(11)6-9(10)3-4-9/h7-8H,3-6,11H2,1-2H3/t8-/m0/s1. The molecule has 1 atom stereocenters. The van der Waals surface area contributed by atoms with Crippen LogP contribution >= 0.6 is 0 Å². The van der Waals surface area contributed by atoms with Crippen molar-refractivity contribution in [1.82, 2.24) is 0 Å². The summed E-state index contributed by atoms with van der Waals surface area (Å²) in [6.07, 6.45) is 2.99. The zero-order chi connectivity index (χ0) is 8.48. The van der Waals surface area contributed by atoms with Crippen molar-refractivity contribution >= 4 is 0 Å². The van der Waals surface area contributed by atoms with Gasteiger partial charge < -0.3 is 5.73 Å². The van der Waals surface area contributed by atoms with E-state index in [1.165, 1.54) is 0 Å². The molecule has 0 aliphatic heterocycles. The third-order valence-corrected chi connectivity index (χ3v) is 2.19. The lowest BCUT2D eigenvalue weighted by Crippen LogP contribution is -2.26. The van der Waals surface area contributed by atoms with E-state index < -0.39 is 5.67 Å². The summed E-state index contributed by atoms with van der Waals surface area (Å²) < 4.78 is 13.1. The topological polar surface area (TPSA) is 26.0 Å². The first-order valence-electron chi connectivity index (χ1n) is 4.46. The monoisotopic (exact) mass is 159 g/mol. The molecule has 11 heavy (non-hydrogen) atoms. The maximum absolute atomic E-state index is 13.1. The summed E-state index contributed by atoms with van der Waals surface area (Å²) in [5, 5.41) is 0. The first-order valence-corrected chi connectivity index (χ1v) is 4.46. The highest BCUT2D eigenvalue weighted by molar-refractivity contribution is 4.96. The van der Waals surface area contributed by atoms with Crippen LogP contribution in [0.25, 0.3) is 0 Å². The molecule has 0 bridgehead atoms. The maximum atomic E-state index is 13.1. The molecule has 0 aromatic carbocycles. The summed E-state index contributed by atoms with van der Waals surface area (Å²) in [7, 11) is 0. The molecule has 2 N–H and O–H groups in total.